The van der Waals surface area contributed by atoms with E-state index < -0.39 is 40.0 Å². The van der Waals surface area contributed by atoms with Crippen LogP contribution in [0.2, 0.25) is 0 Å². The Labute approximate surface area is 228 Å². The summed E-state index contributed by atoms with van der Waals surface area (Å²) in [6.45, 7) is 8.63. The van der Waals surface area contributed by atoms with Crippen LogP contribution in [0.5, 0.6) is 0 Å². The number of hydrogen-bond acceptors (Lipinski definition) is 6. The van der Waals surface area contributed by atoms with Gasteiger partial charge < -0.3 is 4.74 Å². The first-order valence-corrected chi connectivity index (χ1v) is 15.4. The summed E-state index contributed by atoms with van der Waals surface area (Å²) in [6, 6.07) is 9.67. The normalized spacial score (nSPS) is 18.2. The Kier molecular flexibility index (Phi) is 13.4. The first-order chi connectivity index (χ1) is 18.0. The molecule has 10 heteroatoms. The van der Waals surface area contributed by atoms with Crippen LogP contribution >= 0.6 is 0 Å². The average Bonchev–Trinajstić information content (AvgIpc) is 2.86. The number of benzene rings is 1. The topological polar surface area (TPSA) is 114 Å². The van der Waals surface area contributed by atoms with Gasteiger partial charge >= 0.3 is 0 Å². The van der Waals surface area contributed by atoms with Crippen molar-refractivity contribution < 1.29 is 27.6 Å². The molecule has 1 heterocycles. The molecule has 1 aliphatic rings. The van der Waals surface area contributed by atoms with Crippen molar-refractivity contribution in [3.63, 3.8) is 0 Å². The van der Waals surface area contributed by atoms with Gasteiger partial charge in [0.25, 0.3) is 0 Å². The van der Waals surface area contributed by atoms with E-state index in [2.05, 4.69) is 10.9 Å². The third kappa shape index (κ3) is 11.6. The fourth-order valence-electron chi connectivity index (χ4n) is 4.22. The van der Waals surface area contributed by atoms with Gasteiger partial charge in [0, 0.05) is 19.6 Å². The standard InChI is InChI=1S/C28H45N3O6S/c1-21(2)17-18-31(38(5,34)35)29-27(32)25(20-22(3)4)24(15-11-14-23-12-7-6-8-13-23)28(33)30-37-26-16-9-10-19-36-26/h6-8,11-14,21-22,24-26H,9-10,15-20H2,1-5H3,(H,29,32)(H,30,33)/b14-11+/t24-,25+,26?/m0/s1. The molecule has 38 heavy (non-hydrogen) atoms. The zero-order valence-corrected chi connectivity index (χ0v) is 24.2. The Morgan fingerprint density at radius 2 is 1.79 bits per heavy atom. The summed E-state index contributed by atoms with van der Waals surface area (Å²) in [7, 11) is -3.70. The molecule has 0 bridgehead atoms. The lowest BCUT2D eigenvalue weighted by atomic mass is 9.82. The third-order valence-electron chi connectivity index (χ3n) is 6.36. The van der Waals surface area contributed by atoms with E-state index in [1.807, 2.05) is 70.2 Å². The second kappa shape index (κ2) is 16.0. The number of carbonyl (C=O) groups is 2. The van der Waals surface area contributed by atoms with E-state index >= 15 is 0 Å². The molecule has 2 N–H and O–H groups in total. The molecule has 1 aliphatic heterocycles. The third-order valence-corrected chi connectivity index (χ3v) is 7.43. The maximum absolute atomic E-state index is 13.6. The summed E-state index contributed by atoms with van der Waals surface area (Å²) in [5, 5.41) is 0. The first-order valence-electron chi connectivity index (χ1n) is 13.5. The summed E-state index contributed by atoms with van der Waals surface area (Å²) >= 11 is 0. The predicted molar refractivity (Wildman–Crippen MR) is 148 cm³/mol. The van der Waals surface area contributed by atoms with E-state index in [0.29, 0.717) is 25.9 Å². The minimum absolute atomic E-state index is 0.0871. The lowest BCUT2D eigenvalue weighted by Gasteiger charge is -2.30. The Morgan fingerprint density at radius 3 is 2.37 bits per heavy atom. The molecule has 3 atom stereocenters. The highest BCUT2D eigenvalue weighted by Gasteiger charge is 2.36. The second-order valence-corrected chi connectivity index (χ2v) is 12.7. The number of hydrogen-bond donors (Lipinski definition) is 2. The van der Waals surface area contributed by atoms with Crippen molar-refractivity contribution in [1.82, 2.24) is 15.3 Å². The number of rotatable bonds is 15. The molecule has 0 radical (unpaired) electrons. The SMILES string of the molecule is CC(C)CCN(NC(=O)[C@H](CC(C)C)[C@H](C/C=C/c1ccccc1)C(=O)NOC1CCCCO1)S(C)(=O)=O. The van der Waals surface area contributed by atoms with Crippen LogP contribution in [0.15, 0.2) is 36.4 Å². The smallest absolute Gasteiger partial charge is 0.247 e. The van der Waals surface area contributed by atoms with Gasteiger partial charge in [-0.3, -0.25) is 15.0 Å². The fourth-order valence-corrected chi connectivity index (χ4v) is 4.91. The summed E-state index contributed by atoms with van der Waals surface area (Å²) in [6.07, 6.45) is 8.12. The van der Waals surface area contributed by atoms with E-state index in [4.69, 9.17) is 9.57 Å². The van der Waals surface area contributed by atoms with Crippen molar-refractivity contribution in [2.75, 3.05) is 19.4 Å². The van der Waals surface area contributed by atoms with E-state index in [1.165, 1.54) is 0 Å². The van der Waals surface area contributed by atoms with Crippen LogP contribution in [0, 0.1) is 23.7 Å². The van der Waals surface area contributed by atoms with Gasteiger partial charge in [-0.2, -0.15) is 0 Å². The molecule has 0 saturated carbocycles. The van der Waals surface area contributed by atoms with Crippen LogP contribution in [0.3, 0.4) is 0 Å². The molecule has 0 spiro atoms. The van der Waals surface area contributed by atoms with Crippen molar-refractivity contribution in [2.24, 2.45) is 23.7 Å². The largest absolute Gasteiger partial charge is 0.350 e. The van der Waals surface area contributed by atoms with Gasteiger partial charge in [-0.25, -0.2) is 18.7 Å². The summed E-state index contributed by atoms with van der Waals surface area (Å²) < 4.78 is 31.4. The Morgan fingerprint density at radius 1 is 1.08 bits per heavy atom. The number of ether oxygens (including phenoxy) is 1. The molecule has 2 rings (SSSR count). The lowest BCUT2D eigenvalue weighted by Crippen LogP contribution is -2.51. The monoisotopic (exact) mass is 551 g/mol. The highest BCUT2D eigenvalue weighted by atomic mass is 32.2. The summed E-state index contributed by atoms with van der Waals surface area (Å²) in [5.74, 6) is -2.17. The Balaban J connectivity index is 2.27. The van der Waals surface area contributed by atoms with E-state index in [-0.39, 0.29) is 24.8 Å². The van der Waals surface area contributed by atoms with E-state index in [0.717, 1.165) is 29.1 Å². The molecular formula is C28H45N3O6S. The summed E-state index contributed by atoms with van der Waals surface area (Å²) in [4.78, 5) is 32.5. The number of allylic oxidation sites excluding steroid dienone is 1. The predicted octanol–water partition coefficient (Wildman–Crippen LogP) is 4.28. The highest BCUT2D eigenvalue weighted by Crippen LogP contribution is 2.26. The van der Waals surface area contributed by atoms with E-state index in [9.17, 15) is 18.0 Å². The molecule has 0 aliphatic carbocycles. The number of nitrogens with zero attached hydrogens (tertiary/aromatic N) is 1. The van der Waals surface area contributed by atoms with Crippen molar-refractivity contribution >= 4 is 27.9 Å². The number of hydroxylamine groups is 1. The van der Waals surface area contributed by atoms with Crippen molar-refractivity contribution in [3.05, 3.63) is 42.0 Å². The maximum Gasteiger partial charge on any atom is 0.247 e. The lowest BCUT2D eigenvalue weighted by molar-refractivity contribution is -0.203. The molecule has 1 unspecified atom stereocenters. The number of carbonyl (C=O) groups excluding carboxylic acids is 2. The molecule has 1 fully saturated rings. The molecule has 1 aromatic carbocycles. The van der Waals surface area contributed by atoms with Crippen LogP contribution in [0.1, 0.15) is 71.8 Å². The highest BCUT2D eigenvalue weighted by molar-refractivity contribution is 7.88. The number of nitrogens with one attached hydrogen (secondary N) is 2. The fraction of sp³-hybridized carbons (Fsp3) is 0.643. The van der Waals surface area contributed by atoms with Gasteiger partial charge in [-0.05, 0) is 49.5 Å². The number of hydrazine groups is 1. The molecule has 214 valence electrons. The van der Waals surface area contributed by atoms with Crippen molar-refractivity contribution in [3.8, 4) is 0 Å². The molecular weight excluding hydrogens is 506 g/mol. The van der Waals surface area contributed by atoms with Crippen LogP contribution in [0.25, 0.3) is 6.08 Å². The molecule has 1 saturated heterocycles. The van der Waals surface area contributed by atoms with Gasteiger partial charge in [0.15, 0.2) is 6.29 Å². The van der Waals surface area contributed by atoms with Gasteiger partial charge in [-0.15, -0.1) is 4.41 Å². The number of amides is 2. The zero-order valence-electron chi connectivity index (χ0n) is 23.4. The Bertz CT molecular complexity index is 991. The van der Waals surface area contributed by atoms with Crippen LogP contribution in [-0.2, 0) is 29.2 Å². The van der Waals surface area contributed by atoms with Gasteiger partial charge in [0.1, 0.15) is 0 Å². The van der Waals surface area contributed by atoms with Crippen LogP contribution in [-0.4, -0.2) is 50.3 Å². The second-order valence-electron chi connectivity index (χ2n) is 10.8. The molecule has 0 aromatic heterocycles. The van der Waals surface area contributed by atoms with Gasteiger partial charge in [-0.1, -0.05) is 70.2 Å². The summed E-state index contributed by atoms with van der Waals surface area (Å²) in [5.41, 5.74) is 6.10. The van der Waals surface area contributed by atoms with Crippen LogP contribution in [0.4, 0.5) is 0 Å². The van der Waals surface area contributed by atoms with E-state index in [1.54, 1.807) is 0 Å². The van der Waals surface area contributed by atoms with Crippen LogP contribution < -0.4 is 10.9 Å². The van der Waals surface area contributed by atoms with Crippen molar-refractivity contribution in [1.29, 1.82) is 0 Å². The average molecular weight is 552 g/mol. The molecule has 2 amide bonds. The molecule has 9 nitrogen and oxygen atoms in total. The zero-order chi connectivity index (χ0) is 28.1. The molecule has 1 aromatic rings. The maximum atomic E-state index is 13.6. The number of sulfonamides is 1. The van der Waals surface area contributed by atoms with Gasteiger partial charge in [0.2, 0.25) is 21.8 Å². The minimum Gasteiger partial charge on any atom is -0.350 e. The minimum atomic E-state index is -3.70. The first kappa shape index (κ1) is 31.9. The van der Waals surface area contributed by atoms with Gasteiger partial charge in [0.05, 0.1) is 18.1 Å². The Hall–Kier alpha value is -2.27. The van der Waals surface area contributed by atoms with Crippen molar-refractivity contribution in [2.45, 2.75) is 72.5 Å². The quantitative estimate of drug-likeness (QED) is 0.315.